The number of benzene rings is 1. The zero-order chi connectivity index (χ0) is 11.5. The van der Waals surface area contributed by atoms with Gasteiger partial charge in [0.15, 0.2) is 0 Å². The van der Waals surface area contributed by atoms with Crippen LogP contribution in [0.2, 0.25) is 0 Å². The van der Waals surface area contributed by atoms with Gasteiger partial charge in [-0.1, -0.05) is 18.2 Å². The highest BCUT2D eigenvalue weighted by molar-refractivity contribution is 6.11. The highest BCUT2D eigenvalue weighted by Gasteiger charge is 2.22. The molecule has 0 unspecified atom stereocenters. The summed E-state index contributed by atoms with van der Waals surface area (Å²) in [4.78, 5) is 22.0. The second-order valence-electron chi connectivity index (χ2n) is 3.40. The van der Waals surface area contributed by atoms with Crippen LogP contribution in [0.1, 0.15) is 5.56 Å². The Bertz CT molecular complexity index is 463. The number of carbonyl (C=O) groups is 2. The van der Waals surface area contributed by atoms with E-state index in [0.29, 0.717) is 6.42 Å². The van der Waals surface area contributed by atoms with Gasteiger partial charge in [0.25, 0.3) is 5.91 Å². The molecule has 0 spiro atoms. The molecule has 0 saturated carbocycles. The average Bonchev–Trinajstić information content (AvgIpc) is 2.57. The smallest absolute Gasteiger partial charge is 0.326 e. The van der Waals surface area contributed by atoms with Crippen LogP contribution < -0.4 is 10.6 Å². The quantitative estimate of drug-likeness (QED) is 0.504. The Morgan fingerprint density at radius 3 is 2.38 bits per heavy atom. The molecule has 2 rings (SSSR count). The van der Waals surface area contributed by atoms with Crippen molar-refractivity contribution < 1.29 is 14.7 Å². The van der Waals surface area contributed by atoms with Crippen LogP contribution in [0.15, 0.2) is 36.0 Å². The number of hydrogen-bond donors (Lipinski definition) is 3. The minimum atomic E-state index is -0.498. The number of rotatable bonds is 2. The summed E-state index contributed by atoms with van der Waals surface area (Å²) >= 11 is 0. The van der Waals surface area contributed by atoms with Crippen LogP contribution in [0.4, 0.5) is 4.79 Å². The van der Waals surface area contributed by atoms with Crippen molar-refractivity contribution in [3.63, 3.8) is 0 Å². The van der Waals surface area contributed by atoms with E-state index in [-0.39, 0.29) is 11.4 Å². The fraction of sp³-hybridized carbons (Fsp3) is 0.0909. The Kier molecular flexibility index (Phi) is 2.59. The van der Waals surface area contributed by atoms with Crippen molar-refractivity contribution >= 4 is 11.9 Å². The Labute approximate surface area is 91.8 Å². The molecule has 1 heterocycles. The van der Waals surface area contributed by atoms with Gasteiger partial charge < -0.3 is 10.4 Å². The Balaban J connectivity index is 2.06. The van der Waals surface area contributed by atoms with E-state index in [9.17, 15) is 9.59 Å². The van der Waals surface area contributed by atoms with Gasteiger partial charge in [0.2, 0.25) is 0 Å². The number of nitrogens with one attached hydrogen (secondary N) is 2. The molecule has 1 aliphatic heterocycles. The largest absolute Gasteiger partial charge is 0.508 e. The third-order valence-electron chi connectivity index (χ3n) is 2.20. The summed E-state index contributed by atoms with van der Waals surface area (Å²) in [7, 11) is 0. The number of phenols is 1. The number of aromatic hydroxyl groups is 1. The van der Waals surface area contributed by atoms with Gasteiger partial charge in [-0.3, -0.25) is 10.1 Å². The molecular formula is C11H10N2O3. The summed E-state index contributed by atoms with van der Waals surface area (Å²) in [6, 6.07) is 6.15. The van der Waals surface area contributed by atoms with Crippen molar-refractivity contribution in [2.45, 2.75) is 6.42 Å². The van der Waals surface area contributed by atoms with Gasteiger partial charge in [-0.05, 0) is 24.1 Å². The van der Waals surface area contributed by atoms with Gasteiger partial charge in [0.1, 0.15) is 11.4 Å². The molecule has 0 bridgehead atoms. The van der Waals surface area contributed by atoms with Crippen LogP contribution in [0.5, 0.6) is 5.75 Å². The first-order valence-electron chi connectivity index (χ1n) is 4.75. The molecule has 3 amide bonds. The van der Waals surface area contributed by atoms with E-state index < -0.39 is 11.9 Å². The summed E-state index contributed by atoms with van der Waals surface area (Å²) in [5, 5.41) is 13.6. The van der Waals surface area contributed by atoms with Gasteiger partial charge in [-0.15, -0.1) is 0 Å². The predicted molar refractivity (Wildman–Crippen MR) is 56.6 cm³/mol. The first-order valence-corrected chi connectivity index (χ1v) is 4.75. The lowest BCUT2D eigenvalue weighted by Gasteiger charge is -1.97. The van der Waals surface area contributed by atoms with Crippen LogP contribution >= 0.6 is 0 Å². The fourth-order valence-corrected chi connectivity index (χ4v) is 1.38. The number of imide groups is 1. The zero-order valence-corrected chi connectivity index (χ0v) is 8.36. The molecular weight excluding hydrogens is 208 g/mol. The summed E-state index contributed by atoms with van der Waals surface area (Å²) in [6.45, 7) is 0. The topological polar surface area (TPSA) is 78.4 Å². The maximum Gasteiger partial charge on any atom is 0.326 e. The van der Waals surface area contributed by atoms with Gasteiger partial charge in [0, 0.05) is 0 Å². The van der Waals surface area contributed by atoms with Gasteiger partial charge in [-0.25, -0.2) is 4.79 Å². The van der Waals surface area contributed by atoms with E-state index >= 15 is 0 Å². The van der Waals surface area contributed by atoms with Gasteiger partial charge in [0.05, 0.1) is 0 Å². The minimum absolute atomic E-state index is 0.198. The standard InChI is InChI=1S/C11H10N2O3/c14-8-4-1-7(2-5-8)3-6-9-10(15)13-11(16)12-9/h1-2,4-6,14H,3H2,(H2,12,13,15,16). The van der Waals surface area contributed by atoms with E-state index in [1.807, 2.05) is 0 Å². The number of carbonyl (C=O) groups excluding carboxylic acids is 2. The van der Waals surface area contributed by atoms with E-state index in [4.69, 9.17) is 5.11 Å². The zero-order valence-electron chi connectivity index (χ0n) is 8.36. The summed E-state index contributed by atoms with van der Waals surface area (Å²) in [5.74, 6) is -0.216. The number of amides is 3. The molecule has 5 heteroatoms. The van der Waals surface area contributed by atoms with Crippen molar-refractivity contribution in [3.8, 4) is 5.75 Å². The average molecular weight is 218 g/mol. The molecule has 5 nitrogen and oxygen atoms in total. The van der Waals surface area contributed by atoms with Crippen LogP contribution in [0.25, 0.3) is 0 Å². The first-order chi connectivity index (χ1) is 7.65. The maximum absolute atomic E-state index is 11.2. The molecule has 1 fully saturated rings. The minimum Gasteiger partial charge on any atom is -0.508 e. The molecule has 82 valence electrons. The second-order valence-corrected chi connectivity index (χ2v) is 3.40. The molecule has 0 aromatic heterocycles. The molecule has 1 aliphatic rings. The molecule has 16 heavy (non-hydrogen) atoms. The Hall–Kier alpha value is -2.30. The molecule has 0 atom stereocenters. The lowest BCUT2D eigenvalue weighted by atomic mass is 10.1. The van der Waals surface area contributed by atoms with E-state index in [1.54, 1.807) is 30.3 Å². The first kappa shape index (κ1) is 10.2. The summed E-state index contributed by atoms with van der Waals surface area (Å²) in [5.41, 5.74) is 1.21. The Morgan fingerprint density at radius 2 is 1.81 bits per heavy atom. The predicted octanol–water partition coefficient (Wildman–Crippen LogP) is 0.658. The van der Waals surface area contributed by atoms with Crippen molar-refractivity contribution in [2.75, 3.05) is 0 Å². The normalized spacial score (nSPS) is 17.4. The summed E-state index contributed by atoms with van der Waals surface area (Å²) in [6.07, 6.45) is 2.15. The SMILES string of the molecule is O=C1NC(=O)C(=CCc2ccc(O)cc2)N1. The maximum atomic E-state index is 11.2. The molecule has 1 aromatic rings. The van der Waals surface area contributed by atoms with E-state index in [0.717, 1.165) is 5.56 Å². The molecule has 0 aliphatic carbocycles. The van der Waals surface area contributed by atoms with Crippen molar-refractivity contribution in [2.24, 2.45) is 0 Å². The number of phenolic OH excluding ortho intramolecular Hbond substituents is 1. The van der Waals surface area contributed by atoms with Crippen molar-refractivity contribution in [1.82, 2.24) is 10.6 Å². The van der Waals surface area contributed by atoms with Gasteiger partial charge >= 0.3 is 6.03 Å². The highest BCUT2D eigenvalue weighted by atomic mass is 16.3. The molecule has 1 saturated heterocycles. The molecule has 1 aromatic carbocycles. The van der Waals surface area contributed by atoms with Crippen molar-refractivity contribution in [1.29, 1.82) is 0 Å². The van der Waals surface area contributed by atoms with Gasteiger partial charge in [-0.2, -0.15) is 0 Å². The van der Waals surface area contributed by atoms with E-state index in [1.165, 1.54) is 0 Å². The number of allylic oxidation sites excluding steroid dienone is 1. The monoisotopic (exact) mass is 218 g/mol. The number of urea groups is 1. The highest BCUT2D eigenvalue weighted by Crippen LogP contribution is 2.11. The third-order valence-corrected chi connectivity index (χ3v) is 2.20. The third kappa shape index (κ3) is 2.20. The second kappa shape index (κ2) is 4.06. The number of hydrogen-bond acceptors (Lipinski definition) is 3. The van der Waals surface area contributed by atoms with Crippen LogP contribution in [-0.2, 0) is 11.2 Å². The van der Waals surface area contributed by atoms with E-state index in [2.05, 4.69) is 10.6 Å². The van der Waals surface area contributed by atoms with Crippen LogP contribution in [-0.4, -0.2) is 17.0 Å². The lowest BCUT2D eigenvalue weighted by molar-refractivity contribution is -0.115. The molecule has 3 N–H and O–H groups in total. The molecule has 0 radical (unpaired) electrons. The van der Waals surface area contributed by atoms with Crippen LogP contribution in [0, 0.1) is 0 Å². The lowest BCUT2D eigenvalue weighted by Crippen LogP contribution is -2.22. The fourth-order valence-electron chi connectivity index (χ4n) is 1.38. The van der Waals surface area contributed by atoms with Crippen LogP contribution in [0.3, 0.4) is 0 Å². The Morgan fingerprint density at radius 1 is 1.12 bits per heavy atom. The summed E-state index contributed by atoms with van der Waals surface area (Å²) < 4.78 is 0. The van der Waals surface area contributed by atoms with Crippen molar-refractivity contribution in [3.05, 3.63) is 41.6 Å².